The van der Waals surface area contributed by atoms with Crippen molar-refractivity contribution in [1.82, 2.24) is 10.1 Å². The Morgan fingerprint density at radius 1 is 1.25 bits per heavy atom. The van der Waals surface area contributed by atoms with Crippen LogP contribution in [0.3, 0.4) is 0 Å². The summed E-state index contributed by atoms with van der Waals surface area (Å²) in [6.07, 6.45) is 3.29. The van der Waals surface area contributed by atoms with Crippen LogP contribution in [0.1, 0.15) is 5.56 Å². The minimum absolute atomic E-state index is 0.146. The Morgan fingerprint density at radius 3 is 2.80 bits per heavy atom. The number of nitrogens with zero attached hydrogens (tertiary/aromatic N) is 2. The molecule has 0 amide bonds. The fraction of sp³-hybridized carbons (Fsp3) is 0.0667. The quantitative estimate of drug-likeness (QED) is 0.774. The van der Waals surface area contributed by atoms with Gasteiger partial charge in [-0.1, -0.05) is 17.3 Å². The third-order valence-electron chi connectivity index (χ3n) is 3.05. The van der Waals surface area contributed by atoms with Gasteiger partial charge in [0.05, 0.1) is 5.56 Å². The number of rotatable bonds is 2. The summed E-state index contributed by atoms with van der Waals surface area (Å²) >= 11 is 0. The summed E-state index contributed by atoms with van der Waals surface area (Å²) in [6.45, 7) is 1.83. The summed E-state index contributed by atoms with van der Waals surface area (Å²) in [5.41, 5.74) is 8.68. The van der Waals surface area contributed by atoms with Crippen molar-refractivity contribution in [3.8, 4) is 22.4 Å². The highest BCUT2D eigenvalue weighted by Gasteiger charge is 2.20. The molecule has 3 rings (SSSR count). The number of hydrogen-bond acceptors (Lipinski definition) is 4. The lowest BCUT2D eigenvalue weighted by Gasteiger charge is -2.04. The number of nitrogen functional groups attached to an aromatic ring is 1. The van der Waals surface area contributed by atoms with Crippen LogP contribution in [0.15, 0.2) is 47.2 Å². The van der Waals surface area contributed by atoms with Gasteiger partial charge in [0, 0.05) is 23.5 Å². The third kappa shape index (κ3) is 2.03. The Labute approximate surface area is 115 Å². The molecule has 0 atom stereocenters. The van der Waals surface area contributed by atoms with Gasteiger partial charge in [-0.3, -0.25) is 4.98 Å². The molecule has 0 saturated carbocycles. The molecule has 2 aromatic heterocycles. The monoisotopic (exact) mass is 269 g/mol. The maximum absolute atomic E-state index is 14.1. The molecule has 0 aliphatic heterocycles. The zero-order chi connectivity index (χ0) is 14.1. The molecule has 4 nitrogen and oxygen atoms in total. The second-order valence-corrected chi connectivity index (χ2v) is 4.50. The topological polar surface area (TPSA) is 64.9 Å². The number of pyridine rings is 1. The molecule has 0 aliphatic rings. The average Bonchev–Trinajstić information content (AvgIpc) is 2.81. The highest BCUT2D eigenvalue weighted by Crippen LogP contribution is 2.36. The normalized spacial score (nSPS) is 10.7. The molecule has 2 heterocycles. The zero-order valence-corrected chi connectivity index (χ0v) is 10.8. The van der Waals surface area contributed by atoms with Crippen LogP contribution in [0.4, 0.5) is 10.3 Å². The molecule has 20 heavy (non-hydrogen) atoms. The molecule has 5 heteroatoms. The van der Waals surface area contributed by atoms with E-state index in [1.165, 1.54) is 6.07 Å². The lowest BCUT2D eigenvalue weighted by atomic mass is 10.0. The van der Waals surface area contributed by atoms with Gasteiger partial charge in [0.2, 0.25) is 5.88 Å². The van der Waals surface area contributed by atoms with Crippen molar-refractivity contribution in [2.24, 2.45) is 0 Å². The van der Waals surface area contributed by atoms with Crippen molar-refractivity contribution >= 4 is 5.88 Å². The van der Waals surface area contributed by atoms with Crippen molar-refractivity contribution in [3.63, 3.8) is 0 Å². The number of nitrogens with two attached hydrogens (primary N) is 1. The number of benzene rings is 1. The molecule has 2 N–H and O–H groups in total. The van der Waals surface area contributed by atoms with Gasteiger partial charge < -0.3 is 10.3 Å². The molecule has 3 aromatic rings. The molecule has 0 fully saturated rings. The molecule has 1 aromatic carbocycles. The van der Waals surface area contributed by atoms with Gasteiger partial charge in [0.1, 0.15) is 11.5 Å². The van der Waals surface area contributed by atoms with E-state index in [4.69, 9.17) is 10.3 Å². The van der Waals surface area contributed by atoms with Crippen molar-refractivity contribution in [3.05, 3.63) is 54.1 Å². The molecule has 0 bridgehead atoms. The van der Waals surface area contributed by atoms with E-state index in [-0.39, 0.29) is 11.7 Å². The number of anilines is 1. The van der Waals surface area contributed by atoms with Gasteiger partial charge in [-0.2, -0.15) is 0 Å². The van der Waals surface area contributed by atoms with E-state index < -0.39 is 0 Å². The maximum atomic E-state index is 14.1. The van der Waals surface area contributed by atoms with Gasteiger partial charge in [-0.15, -0.1) is 0 Å². The highest BCUT2D eigenvalue weighted by molar-refractivity contribution is 5.86. The molecule has 100 valence electrons. The summed E-state index contributed by atoms with van der Waals surface area (Å²) in [6, 6.07) is 8.54. The Balaban J connectivity index is 2.21. The second kappa shape index (κ2) is 4.77. The molecular formula is C15H12FN3O. The van der Waals surface area contributed by atoms with Crippen LogP contribution in [0.2, 0.25) is 0 Å². The first-order valence-electron chi connectivity index (χ1n) is 6.09. The van der Waals surface area contributed by atoms with Crippen LogP contribution >= 0.6 is 0 Å². The van der Waals surface area contributed by atoms with E-state index in [1.54, 1.807) is 24.5 Å². The smallest absolute Gasteiger partial charge is 0.230 e. The summed E-state index contributed by atoms with van der Waals surface area (Å²) in [5.74, 6) is -0.212. The minimum atomic E-state index is -0.358. The molecule has 0 saturated heterocycles. The summed E-state index contributed by atoms with van der Waals surface area (Å²) in [4.78, 5) is 4.03. The van der Waals surface area contributed by atoms with Crippen LogP contribution in [-0.4, -0.2) is 10.1 Å². The maximum Gasteiger partial charge on any atom is 0.230 e. The van der Waals surface area contributed by atoms with Gasteiger partial charge in [-0.25, -0.2) is 4.39 Å². The predicted octanol–water partition coefficient (Wildman–Crippen LogP) is 3.43. The van der Waals surface area contributed by atoms with Gasteiger partial charge in [0.25, 0.3) is 0 Å². The predicted molar refractivity (Wildman–Crippen MR) is 74.3 cm³/mol. The highest BCUT2D eigenvalue weighted by atomic mass is 19.1. The second-order valence-electron chi connectivity index (χ2n) is 4.50. The van der Waals surface area contributed by atoms with Crippen LogP contribution in [0, 0.1) is 12.7 Å². The zero-order valence-electron chi connectivity index (χ0n) is 10.8. The molecule has 0 radical (unpaired) electrons. The van der Waals surface area contributed by atoms with Crippen molar-refractivity contribution in [2.75, 3.05) is 5.73 Å². The molecule has 0 spiro atoms. The van der Waals surface area contributed by atoms with Crippen molar-refractivity contribution in [2.45, 2.75) is 6.92 Å². The largest absolute Gasteiger partial charge is 0.367 e. The third-order valence-corrected chi connectivity index (χ3v) is 3.05. The first kappa shape index (κ1) is 12.3. The Hall–Kier alpha value is -2.69. The fourth-order valence-corrected chi connectivity index (χ4v) is 2.09. The van der Waals surface area contributed by atoms with E-state index in [0.717, 1.165) is 11.1 Å². The van der Waals surface area contributed by atoms with Crippen molar-refractivity contribution in [1.29, 1.82) is 0 Å². The number of hydrogen-bond donors (Lipinski definition) is 1. The summed E-state index contributed by atoms with van der Waals surface area (Å²) < 4.78 is 19.1. The first-order chi connectivity index (χ1) is 9.66. The fourth-order valence-electron chi connectivity index (χ4n) is 2.09. The van der Waals surface area contributed by atoms with E-state index in [2.05, 4.69) is 10.1 Å². The number of aryl methyl sites for hydroxylation is 1. The van der Waals surface area contributed by atoms with Gasteiger partial charge in [-0.05, 0) is 30.7 Å². The Kier molecular flexibility index (Phi) is 2.95. The molecular weight excluding hydrogens is 257 g/mol. The lowest BCUT2D eigenvalue weighted by molar-refractivity contribution is 0.439. The average molecular weight is 269 g/mol. The van der Waals surface area contributed by atoms with Crippen LogP contribution < -0.4 is 5.73 Å². The number of aromatic nitrogens is 2. The van der Waals surface area contributed by atoms with E-state index in [0.29, 0.717) is 16.8 Å². The van der Waals surface area contributed by atoms with Crippen LogP contribution in [0.25, 0.3) is 22.4 Å². The van der Waals surface area contributed by atoms with Crippen molar-refractivity contribution < 1.29 is 8.91 Å². The van der Waals surface area contributed by atoms with E-state index in [1.807, 2.05) is 19.1 Å². The van der Waals surface area contributed by atoms with Gasteiger partial charge in [0.15, 0.2) is 0 Å². The minimum Gasteiger partial charge on any atom is -0.367 e. The summed E-state index contributed by atoms with van der Waals surface area (Å²) in [7, 11) is 0. The molecule has 0 aliphatic carbocycles. The Morgan fingerprint density at radius 2 is 2.10 bits per heavy atom. The number of halogens is 1. The standard InChI is InChI=1S/C15H12FN3O/c1-9-4-5-11(12(16)7-9)14-13(15(17)20-19-14)10-3-2-6-18-8-10/h2-8H,17H2,1H3. The first-order valence-corrected chi connectivity index (χ1v) is 6.09. The molecule has 0 unspecified atom stereocenters. The van der Waals surface area contributed by atoms with E-state index >= 15 is 0 Å². The summed E-state index contributed by atoms with van der Waals surface area (Å²) in [5, 5.41) is 3.89. The van der Waals surface area contributed by atoms with Crippen LogP contribution in [-0.2, 0) is 0 Å². The van der Waals surface area contributed by atoms with Crippen LogP contribution in [0.5, 0.6) is 0 Å². The van der Waals surface area contributed by atoms with Gasteiger partial charge >= 0.3 is 0 Å². The Bertz CT molecular complexity index is 753. The van der Waals surface area contributed by atoms with E-state index in [9.17, 15) is 4.39 Å². The SMILES string of the molecule is Cc1ccc(-c2noc(N)c2-c2cccnc2)c(F)c1. The lowest BCUT2D eigenvalue weighted by Crippen LogP contribution is -1.91.